The topological polar surface area (TPSA) is 41.6 Å². The molecule has 0 saturated heterocycles. The summed E-state index contributed by atoms with van der Waals surface area (Å²) in [5, 5.41) is 14.4. The fourth-order valence-electron chi connectivity index (χ4n) is 0.801. The van der Waals surface area contributed by atoms with Crippen LogP contribution in [0.5, 0.6) is 0 Å². The summed E-state index contributed by atoms with van der Waals surface area (Å²) in [6.07, 6.45) is 0. The van der Waals surface area contributed by atoms with E-state index in [-0.39, 0.29) is 0 Å². The zero-order valence-corrected chi connectivity index (χ0v) is 7.82. The van der Waals surface area contributed by atoms with Crippen LogP contribution in [0.15, 0.2) is 21.4 Å². The summed E-state index contributed by atoms with van der Waals surface area (Å²) in [6, 6.07) is 2.01. The van der Waals surface area contributed by atoms with Crippen molar-refractivity contribution in [3.05, 3.63) is 21.4 Å². The highest BCUT2D eigenvalue weighted by molar-refractivity contribution is 9.10. The molecule has 0 aromatic carbocycles. The van der Waals surface area contributed by atoms with E-state index in [1.165, 1.54) is 0 Å². The zero-order valence-electron chi connectivity index (χ0n) is 5.41. The van der Waals surface area contributed by atoms with Crippen molar-refractivity contribution in [1.82, 2.24) is 15.4 Å². The van der Waals surface area contributed by atoms with Gasteiger partial charge in [-0.3, -0.25) is 0 Å². The van der Waals surface area contributed by atoms with Crippen LogP contribution in [0.25, 0.3) is 11.3 Å². The van der Waals surface area contributed by atoms with Gasteiger partial charge in [0.1, 0.15) is 5.69 Å². The fraction of sp³-hybridized carbons (Fsp3) is 0. The first-order valence-corrected chi connectivity index (χ1v) is 4.70. The van der Waals surface area contributed by atoms with Crippen LogP contribution in [0.2, 0.25) is 0 Å². The van der Waals surface area contributed by atoms with Gasteiger partial charge in [0, 0.05) is 10.9 Å². The first-order valence-electron chi connectivity index (χ1n) is 2.97. The number of thiophene rings is 1. The molecular formula is C6H4BrN3S. The highest BCUT2D eigenvalue weighted by Crippen LogP contribution is 2.24. The molecule has 1 N–H and O–H groups in total. The molecule has 0 spiro atoms. The van der Waals surface area contributed by atoms with Crippen molar-refractivity contribution >= 4 is 27.3 Å². The smallest absolute Gasteiger partial charge is 0.156 e. The molecule has 0 atom stereocenters. The van der Waals surface area contributed by atoms with Crippen LogP contribution in [-0.4, -0.2) is 15.4 Å². The number of rotatable bonds is 1. The highest BCUT2D eigenvalue weighted by Gasteiger charge is 2.06. The van der Waals surface area contributed by atoms with Gasteiger partial charge in [-0.05, 0) is 27.4 Å². The molecule has 2 heterocycles. The third-order valence-corrected chi connectivity index (χ3v) is 2.54. The van der Waals surface area contributed by atoms with E-state index in [4.69, 9.17) is 0 Å². The Balaban J connectivity index is 2.53. The Labute approximate surface area is 75.6 Å². The molecule has 0 radical (unpaired) electrons. The van der Waals surface area contributed by atoms with Crippen molar-refractivity contribution < 1.29 is 0 Å². The van der Waals surface area contributed by atoms with E-state index in [9.17, 15) is 0 Å². The number of nitrogens with zero attached hydrogens (tertiary/aromatic N) is 2. The van der Waals surface area contributed by atoms with Gasteiger partial charge < -0.3 is 0 Å². The minimum absolute atomic E-state index is 0.760. The van der Waals surface area contributed by atoms with Crippen molar-refractivity contribution in [3.8, 4) is 11.3 Å². The summed E-state index contributed by atoms with van der Waals surface area (Å²) in [5.74, 6) is 0. The number of aromatic amines is 1. The fourth-order valence-corrected chi connectivity index (χ4v) is 1.84. The number of halogens is 1. The van der Waals surface area contributed by atoms with E-state index in [0.29, 0.717) is 0 Å². The molecular weight excluding hydrogens is 226 g/mol. The Morgan fingerprint density at radius 2 is 2.36 bits per heavy atom. The average Bonchev–Trinajstić information content (AvgIpc) is 2.55. The molecule has 0 aliphatic heterocycles. The Hall–Kier alpha value is -0.680. The Morgan fingerprint density at radius 1 is 1.45 bits per heavy atom. The lowest BCUT2D eigenvalue weighted by Crippen LogP contribution is -1.72. The standard InChI is InChI=1S/C6H4BrN3S/c7-6-5(8-10-9-6)4-1-2-11-3-4/h1-3H,(H,8,9,10). The van der Waals surface area contributed by atoms with Crippen molar-refractivity contribution in [2.75, 3.05) is 0 Å². The highest BCUT2D eigenvalue weighted by atomic mass is 79.9. The summed E-state index contributed by atoms with van der Waals surface area (Å²) in [4.78, 5) is 0. The molecule has 5 heteroatoms. The molecule has 0 aliphatic rings. The van der Waals surface area contributed by atoms with Crippen LogP contribution in [-0.2, 0) is 0 Å². The maximum absolute atomic E-state index is 3.98. The first-order chi connectivity index (χ1) is 5.38. The Bertz CT molecular complexity index is 340. The molecule has 0 aliphatic carbocycles. The van der Waals surface area contributed by atoms with Crippen molar-refractivity contribution in [2.45, 2.75) is 0 Å². The Kier molecular flexibility index (Phi) is 1.75. The van der Waals surface area contributed by atoms with Gasteiger partial charge in [-0.2, -0.15) is 21.6 Å². The van der Waals surface area contributed by atoms with Crippen LogP contribution in [0.3, 0.4) is 0 Å². The molecule has 0 amide bonds. The lowest BCUT2D eigenvalue weighted by molar-refractivity contribution is 0.936. The monoisotopic (exact) mass is 229 g/mol. The second kappa shape index (κ2) is 2.75. The molecule has 2 rings (SSSR count). The first kappa shape index (κ1) is 7.00. The second-order valence-electron chi connectivity index (χ2n) is 1.98. The molecule has 0 saturated carbocycles. The molecule has 56 valence electrons. The normalized spacial score (nSPS) is 10.3. The van der Waals surface area contributed by atoms with Crippen LogP contribution in [0, 0.1) is 0 Å². The molecule has 0 unspecified atom stereocenters. The summed E-state index contributed by atoms with van der Waals surface area (Å²) in [5.41, 5.74) is 1.96. The van der Waals surface area contributed by atoms with Gasteiger partial charge in [-0.15, -0.1) is 5.10 Å². The maximum Gasteiger partial charge on any atom is 0.156 e. The van der Waals surface area contributed by atoms with Gasteiger partial charge >= 0.3 is 0 Å². The van der Waals surface area contributed by atoms with Crippen molar-refractivity contribution in [3.63, 3.8) is 0 Å². The number of hydrogen-bond acceptors (Lipinski definition) is 3. The summed E-state index contributed by atoms with van der Waals surface area (Å²) >= 11 is 4.93. The lowest BCUT2D eigenvalue weighted by Gasteiger charge is -1.86. The molecule has 2 aromatic heterocycles. The number of aromatic nitrogens is 3. The largest absolute Gasteiger partial charge is 0.196 e. The van der Waals surface area contributed by atoms with Crippen LogP contribution < -0.4 is 0 Å². The van der Waals surface area contributed by atoms with Crippen LogP contribution in [0.4, 0.5) is 0 Å². The summed E-state index contributed by atoms with van der Waals surface area (Å²) in [7, 11) is 0. The van der Waals surface area contributed by atoms with Gasteiger partial charge in [0.25, 0.3) is 0 Å². The van der Waals surface area contributed by atoms with Crippen LogP contribution in [0.1, 0.15) is 0 Å². The van der Waals surface area contributed by atoms with Gasteiger partial charge in [0.15, 0.2) is 4.60 Å². The number of hydrogen-bond donors (Lipinski definition) is 1. The minimum Gasteiger partial charge on any atom is -0.196 e. The van der Waals surface area contributed by atoms with E-state index in [1.54, 1.807) is 11.3 Å². The summed E-state index contributed by atoms with van der Waals surface area (Å²) < 4.78 is 0.760. The Morgan fingerprint density at radius 3 is 2.91 bits per heavy atom. The van der Waals surface area contributed by atoms with E-state index in [0.717, 1.165) is 15.9 Å². The second-order valence-corrected chi connectivity index (χ2v) is 3.51. The average molecular weight is 230 g/mol. The molecule has 2 aromatic rings. The third kappa shape index (κ3) is 1.21. The predicted molar refractivity (Wildman–Crippen MR) is 47.4 cm³/mol. The lowest BCUT2D eigenvalue weighted by atomic mass is 10.3. The molecule has 0 fully saturated rings. The van der Waals surface area contributed by atoms with Gasteiger partial charge in [0.2, 0.25) is 0 Å². The predicted octanol–water partition coefficient (Wildman–Crippen LogP) is 2.30. The maximum atomic E-state index is 3.98. The van der Waals surface area contributed by atoms with Crippen LogP contribution >= 0.6 is 27.3 Å². The summed E-state index contributed by atoms with van der Waals surface area (Å²) in [6.45, 7) is 0. The van der Waals surface area contributed by atoms with Crippen molar-refractivity contribution in [1.29, 1.82) is 0 Å². The van der Waals surface area contributed by atoms with E-state index in [2.05, 4.69) is 31.3 Å². The zero-order chi connectivity index (χ0) is 7.68. The van der Waals surface area contributed by atoms with E-state index in [1.807, 2.05) is 16.8 Å². The molecule has 0 bridgehead atoms. The van der Waals surface area contributed by atoms with Gasteiger partial charge in [-0.25, -0.2) is 0 Å². The van der Waals surface area contributed by atoms with Gasteiger partial charge in [0.05, 0.1) is 0 Å². The minimum atomic E-state index is 0.760. The third-order valence-electron chi connectivity index (χ3n) is 1.30. The number of H-pyrrole nitrogens is 1. The quantitative estimate of drug-likeness (QED) is 0.816. The van der Waals surface area contributed by atoms with Crippen molar-refractivity contribution in [2.24, 2.45) is 0 Å². The molecule has 3 nitrogen and oxygen atoms in total. The van der Waals surface area contributed by atoms with E-state index >= 15 is 0 Å². The van der Waals surface area contributed by atoms with Gasteiger partial charge in [-0.1, -0.05) is 0 Å². The SMILES string of the molecule is Brc1n[nH]nc1-c1ccsc1. The van der Waals surface area contributed by atoms with E-state index < -0.39 is 0 Å². The molecule has 11 heavy (non-hydrogen) atoms. The number of nitrogens with one attached hydrogen (secondary N) is 1.